The molecule has 0 amide bonds. The Morgan fingerprint density at radius 1 is 1.50 bits per heavy atom. The fraction of sp³-hybridized carbons (Fsp3) is 1.00. The molecule has 4 nitrogen and oxygen atoms in total. The van der Waals surface area contributed by atoms with E-state index in [4.69, 9.17) is 10.5 Å². The van der Waals surface area contributed by atoms with Gasteiger partial charge in [-0.2, -0.15) is 0 Å². The molecule has 0 radical (unpaired) electrons. The first-order valence-electron chi connectivity index (χ1n) is 3.67. The minimum atomic E-state index is -3.13. The fourth-order valence-electron chi connectivity index (χ4n) is 0.655. The van der Waals surface area contributed by atoms with Crippen LogP contribution in [0.4, 0.5) is 0 Å². The maximum Gasteiger partial charge on any atom is 0.154 e. The number of hydrogen-bond donors (Lipinski definition) is 1. The van der Waals surface area contributed by atoms with Gasteiger partial charge in [-0.15, -0.1) is 0 Å². The van der Waals surface area contributed by atoms with Crippen LogP contribution in [0.3, 0.4) is 0 Å². The van der Waals surface area contributed by atoms with Gasteiger partial charge in [-0.3, -0.25) is 0 Å². The summed E-state index contributed by atoms with van der Waals surface area (Å²) in [5, 5.41) is 0. The molecule has 0 saturated heterocycles. The summed E-state index contributed by atoms with van der Waals surface area (Å²) < 4.78 is 26.3. The molecule has 0 aliphatic rings. The van der Waals surface area contributed by atoms with Gasteiger partial charge in [0.25, 0.3) is 0 Å². The van der Waals surface area contributed by atoms with Crippen molar-refractivity contribution in [2.75, 3.05) is 20.0 Å². The van der Waals surface area contributed by atoms with E-state index >= 15 is 0 Å². The van der Waals surface area contributed by atoms with Crippen molar-refractivity contribution < 1.29 is 13.2 Å². The lowest BCUT2D eigenvalue weighted by atomic mass is 10.1. The van der Waals surface area contributed by atoms with E-state index in [1.165, 1.54) is 13.4 Å². The summed E-state index contributed by atoms with van der Waals surface area (Å²) in [5.74, 6) is 0. The predicted octanol–water partition coefficient (Wildman–Crippen LogP) is -0.217. The van der Waals surface area contributed by atoms with Gasteiger partial charge >= 0.3 is 0 Å². The molecule has 0 fully saturated rings. The van der Waals surface area contributed by atoms with Crippen LogP contribution >= 0.6 is 0 Å². The number of hydrogen-bond acceptors (Lipinski definition) is 4. The van der Waals surface area contributed by atoms with E-state index in [0.29, 0.717) is 0 Å². The summed E-state index contributed by atoms with van der Waals surface area (Å²) in [6.07, 6.45) is 1.18. The van der Waals surface area contributed by atoms with Gasteiger partial charge in [-0.25, -0.2) is 8.42 Å². The summed E-state index contributed by atoms with van der Waals surface area (Å²) >= 11 is 0. The van der Waals surface area contributed by atoms with Crippen LogP contribution in [0.25, 0.3) is 0 Å². The fourth-order valence-corrected chi connectivity index (χ4v) is 1.27. The van der Waals surface area contributed by atoms with Gasteiger partial charge in [0.1, 0.15) is 0 Å². The van der Waals surface area contributed by atoms with E-state index in [-0.39, 0.29) is 6.61 Å². The van der Waals surface area contributed by atoms with Crippen molar-refractivity contribution in [1.29, 1.82) is 0 Å². The second-order valence-electron chi connectivity index (χ2n) is 3.44. The molecule has 1 atom stereocenters. The molecule has 0 bridgehead atoms. The molecule has 0 spiro atoms. The van der Waals surface area contributed by atoms with Gasteiger partial charge in [-0.05, 0) is 13.8 Å². The topological polar surface area (TPSA) is 69.4 Å². The predicted molar refractivity (Wildman–Crippen MR) is 48.8 cm³/mol. The maximum absolute atomic E-state index is 11.2. The Hall–Kier alpha value is -0.130. The Morgan fingerprint density at radius 2 is 1.92 bits per heavy atom. The zero-order valence-corrected chi connectivity index (χ0v) is 8.81. The minimum Gasteiger partial charge on any atom is -0.383 e. The van der Waals surface area contributed by atoms with Gasteiger partial charge in [0.2, 0.25) is 0 Å². The first-order valence-corrected chi connectivity index (χ1v) is 5.56. The minimum absolute atomic E-state index is 0.250. The Morgan fingerprint density at radius 3 is 2.17 bits per heavy atom. The first-order chi connectivity index (χ1) is 5.23. The van der Waals surface area contributed by atoms with Crippen LogP contribution in [0.15, 0.2) is 0 Å². The third-order valence-corrected chi connectivity index (χ3v) is 4.41. The second kappa shape index (κ2) is 3.72. The lowest BCUT2D eigenvalue weighted by Gasteiger charge is -2.28. The van der Waals surface area contributed by atoms with Crippen LogP contribution in [0.1, 0.15) is 13.8 Å². The number of sulfone groups is 1. The molecule has 2 N–H and O–H groups in total. The van der Waals surface area contributed by atoms with Crippen LogP contribution < -0.4 is 5.73 Å². The van der Waals surface area contributed by atoms with Crippen LogP contribution in [0.2, 0.25) is 0 Å². The maximum atomic E-state index is 11.2. The number of nitrogens with two attached hydrogens (primary N) is 1. The van der Waals surface area contributed by atoms with Gasteiger partial charge in [-0.1, -0.05) is 0 Å². The molecule has 0 heterocycles. The average Bonchev–Trinajstić information content (AvgIpc) is 1.85. The van der Waals surface area contributed by atoms with Crippen molar-refractivity contribution in [1.82, 2.24) is 0 Å². The molecule has 12 heavy (non-hydrogen) atoms. The van der Waals surface area contributed by atoms with Gasteiger partial charge in [0, 0.05) is 19.4 Å². The highest BCUT2D eigenvalue weighted by molar-refractivity contribution is 7.92. The zero-order valence-electron chi connectivity index (χ0n) is 7.99. The van der Waals surface area contributed by atoms with Crippen LogP contribution in [-0.4, -0.2) is 39.2 Å². The Labute approximate surface area is 74.0 Å². The van der Waals surface area contributed by atoms with Gasteiger partial charge < -0.3 is 10.5 Å². The molecule has 0 aliphatic carbocycles. The second-order valence-corrected chi connectivity index (χ2v) is 6.03. The molecular weight excluding hydrogens is 178 g/mol. The lowest BCUT2D eigenvalue weighted by molar-refractivity contribution is 0.168. The SMILES string of the molecule is COCC(N)C(C)(C)S(C)(=O)=O. The standard InChI is InChI=1S/C7H17NO3S/c1-7(2,12(4,9)10)6(8)5-11-3/h6H,5,8H2,1-4H3. The molecule has 0 rings (SSSR count). The van der Waals surface area contributed by atoms with Crippen molar-refractivity contribution in [3.05, 3.63) is 0 Å². The van der Waals surface area contributed by atoms with E-state index in [9.17, 15) is 8.42 Å². The summed E-state index contributed by atoms with van der Waals surface area (Å²) in [4.78, 5) is 0. The molecular formula is C7H17NO3S. The zero-order chi connectivity index (χ0) is 9.99. The molecule has 0 aromatic heterocycles. The number of ether oxygens (including phenoxy) is 1. The summed E-state index contributed by atoms with van der Waals surface area (Å²) in [6, 6.07) is -0.488. The van der Waals surface area contributed by atoms with E-state index in [1.807, 2.05) is 0 Å². The highest BCUT2D eigenvalue weighted by Gasteiger charge is 2.36. The average molecular weight is 195 g/mol. The Balaban J connectivity index is 4.62. The van der Waals surface area contributed by atoms with Crippen molar-refractivity contribution in [3.63, 3.8) is 0 Å². The third kappa shape index (κ3) is 2.43. The van der Waals surface area contributed by atoms with Crippen molar-refractivity contribution in [2.24, 2.45) is 5.73 Å². The smallest absolute Gasteiger partial charge is 0.154 e. The molecule has 0 aliphatic heterocycles. The molecule has 5 heteroatoms. The Kier molecular flexibility index (Phi) is 3.68. The first kappa shape index (κ1) is 11.9. The monoisotopic (exact) mass is 195 g/mol. The van der Waals surface area contributed by atoms with Crippen molar-refractivity contribution in [3.8, 4) is 0 Å². The van der Waals surface area contributed by atoms with Crippen LogP contribution in [0.5, 0.6) is 0 Å². The third-order valence-electron chi connectivity index (χ3n) is 2.19. The number of methoxy groups -OCH3 is 1. The lowest BCUT2D eigenvalue weighted by Crippen LogP contribution is -2.51. The highest BCUT2D eigenvalue weighted by Crippen LogP contribution is 2.18. The van der Waals surface area contributed by atoms with E-state index in [0.717, 1.165) is 0 Å². The molecule has 1 unspecified atom stereocenters. The van der Waals surface area contributed by atoms with E-state index in [2.05, 4.69) is 0 Å². The summed E-state index contributed by atoms with van der Waals surface area (Å²) in [7, 11) is -1.63. The van der Waals surface area contributed by atoms with Crippen molar-refractivity contribution >= 4 is 9.84 Å². The summed E-state index contributed by atoms with van der Waals surface area (Å²) in [5.41, 5.74) is 5.64. The molecule has 0 saturated carbocycles. The Bertz CT molecular complexity index is 233. The van der Waals surface area contributed by atoms with Crippen LogP contribution in [-0.2, 0) is 14.6 Å². The van der Waals surface area contributed by atoms with Crippen LogP contribution in [0, 0.1) is 0 Å². The van der Waals surface area contributed by atoms with E-state index in [1.54, 1.807) is 13.8 Å². The normalized spacial score (nSPS) is 16.1. The number of rotatable bonds is 4. The molecule has 0 aromatic carbocycles. The molecule has 74 valence electrons. The largest absolute Gasteiger partial charge is 0.383 e. The molecule has 0 aromatic rings. The van der Waals surface area contributed by atoms with Crippen molar-refractivity contribution in [2.45, 2.75) is 24.6 Å². The van der Waals surface area contributed by atoms with Gasteiger partial charge in [0.05, 0.1) is 11.4 Å². The van der Waals surface area contributed by atoms with Gasteiger partial charge in [0.15, 0.2) is 9.84 Å². The summed E-state index contributed by atoms with van der Waals surface area (Å²) in [6.45, 7) is 3.46. The van der Waals surface area contributed by atoms with E-state index < -0.39 is 20.6 Å². The highest BCUT2D eigenvalue weighted by atomic mass is 32.2. The quantitative estimate of drug-likeness (QED) is 0.673.